The monoisotopic (exact) mass is 329 g/mol. The number of nitrogens with zero attached hydrogens (tertiary/aromatic N) is 2. The number of rotatable bonds is 5. The predicted molar refractivity (Wildman–Crippen MR) is 92.6 cm³/mol. The number of hydrogen-bond donors (Lipinski definition) is 1. The molecule has 3 nitrogen and oxygen atoms in total. The SMILES string of the molecule is C=C(C)c1cnccc1Nc1cc(C(F)F)cc(C2CCCC2)n1. The molecule has 0 unspecified atom stereocenters. The Kier molecular flexibility index (Phi) is 4.88. The minimum absolute atomic E-state index is 0.0142. The van der Waals surface area contributed by atoms with Crippen LogP contribution in [0, 0.1) is 0 Å². The van der Waals surface area contributed by atoms with E-state index < -0.39 is 6.43 Å². The Bertz CT molecular complexity index is 737. The fourth-order valence-electron chi connectivity index (χ4n) is 3.18. The number of aromatic nitrogens is 2. The first-order valence-corrected chi connectivity index (χ1v) is 8.21. The smallest absolute Gasteiger partial charge is 0.264 e. The molecule has 1 fully saturated rings. The van der Waals surface area contributed by atoms with Gasteiger partial charge in [-0.15, -0.1) is 0 Å². The normalized spacial score (nSPS) is 15.0. The summed E-state index contributed by atoms with van der Waals surface area (Å²) in [6.45, 7) is 5.82. The number of alkyl halides is 2. The molecule has 5 heteroatoms. The molecule has 0 saturated heterocycles. The van der Waals surface area contributed by atoms with Gasteiger partial charge in [-0.2, -0.15) is 0 Å². The quantitative estimate of drug-likeness (QED) is 0.748. The molecular formula is C19H21F2N3. The molecule has 24 heavy (non-hydrogen) atoms. The Morgan fingerprint density at radius 1 is 1.29 bits per heavy atom. The second-order valence-corrected chi connectivity index (χ2v) is 6.32. The van der Waals surface area contributed by atoms with Gasteiger partial charge in [-0.3, -0.25) is 4.98 Å². The highest BCUT2D eigenvalue weighted by Gasteiger charge is 2.21. The minimum Gasteiger partial charge on any atom is -0.340 e. The molecule has 1 saturated carbocycles. The van der Waals surface area contributed by atoms with Crippen LogP contribution in [0.3, 0.4) is 0 Å². The highest BCUT2D eigenvalue weighted by molar-refractivity contribution is 5.75. The van der Waals surface area contributed by atoms with Gasteiger partial charge in [0.05, 0.1) is 5.69 Å². The van der Waals surface area contributed by atoms with Gasteiger partial charge in [-0.1, -0.05) is 19.4 Å². The number of pyridine rings is 2. The summed E-state index contributed by atoms with van der Waals surface area (Å²) in [7, 11) is 0. The van der Waals surface area contributed by atoms with E-state index in [0.717, 1.165) is 48.2 Å². The number of hydrogen-bond acceptors (Lipinski definition) is 3. The molecule has 0 bridgehead atoms. The third-order valence-corrected chi connectivity index (χ3v) is 4.44. The van der Waals surface area contributed by atoms with Gasteiger partial charge in [0, 0.05) is 35.1 Å². The summed E-state index contributed by atoms with van der Waals surface area (Å²) in [5.41, 5.74) is 3.25. The van der Waals surface area contributed by atoms with E-state index >= 15 is 0 Å². The van der Waals surface area contributed by atoms with Gasteiger partial charge in [0.1, 0.15) is 5.82 Å². The largest absolute Gasteiger partial charge is 0.340 e. The number of anilines is 2. The van der Waals surface area contributed by atoms with Gasteiger partial charge in [0.15, 0.2) is 0 Å². The standard InChI is InChI=1S/C19H21F2N3/c1-12(2)15-11-22-8-7-16(15)23-18-10-14(19(20)21)9-17(24-18)13-5-3-4-6-13/h7-11,13,19H,1,3-6H2,2H3,(H,22,23,24). The molecule has 126 valence electrons. The fraction of sp³-hybridized carbons (Fsp3) is 0.368. The predicted octanol–water partition coefficient (Wildman–Crippen LogP) is 5.85. The molecule has 2 aromatic heterocycles. The zero-order valence-corrected chi connectivity index (χ0v) is 13.7. The van der Waals surface area contributed by atoms with Crippen molar-refractivity contribution in [3.63, 3.8) is 0 Å². The zero-order valence-electron chi connectivity index (χ0n) is 13.7. The summed E-state index contributed by atoms with van der Waals surface area (Å²) in [6.07, 6.45) is 5.17. The van der Waals surface area contributed by atoms with Crippen LogP contribution in [0.25, 0.3) is 5.57 Å². The fourth-order valence-corrected chi connectivity index (χ4v) is 3.18. The Morgan fingerprint density at radius 3 is 2.71 bits per heavy atom. The van der Waals surface area contributed by atoms with Crippen LogP contribution in [-0.4, -0.2) is 9.97 Å². The molecule has 0 aromatic carbocycles. The molecule has 0 spiro atoms. The van der Waals surface area contributed by atoms with Crippen molar-refractivity contribution in [2.75, 3.05) is 5.32 Å². The van der Waals surface area contributed by atoms with Crippen LogP contribution in [-0.2, 0) is 0 Å². The van der Waals surface area contributed by atoms with Crippen molar-refractivity contribution in [3.05, 3.63) is 54.0 Å². The molecule has 0 radical (unpaired) electrons. The number of allylic oxidation sites excluding steroid dienone is 1. The van der Waals surface area contributed by atoms with Gasteiger partial charge in [0.2, 0.25) is 0 Å². The van der Waals surface area contributed by atoms with E-state index in [1.54, 1.807) is 24.5 Å². The van der Waals surface area contributed by atoms with Crippen LogP contribution < -0.4 is 5.32 Å². The van der Waals surface area contributed by atoms with Crippen molar-refractivity contribution in [2.45, 2.75) is 45.0 Å². The molecule has 2 heterocycles. The first-order chi connectivity index (χ1) is 11.5. The lowest BCUT2D eigenvalue weighted by Crippen LogP contribution is -2.04. The lowest BCUT2D eigenvalue weighted by Gasteiger charge is -2.15. The van der Waals surface area contributed by atoms with Crippen molar-refractivity contribution in [2.24, 2.45) is 0 Å². The van der Waals surface area contributed by atoms with Gasteiger partial charge >= 0.3 is 0 Å². The summed E-state index contributed by atoms with van der Waals surface area (Å²) >= 11 is 0. The van der Waals surface area contributed by atoms with E-state index in [2.05, 4.69) is 21.9 Å². The highest BCUT2D eigenvalue weighted by Crippen LogP contribution is 2.36. The third-order valence-electron chi connectivity index (χ3n) is 4.44. The lowest BCUT2D eigenvalue weighted by atomic mass is 10.0. The molecule has 3 rings (SSSR count). The topological polar surface area (TPSA) is 37.8 Å². The minimum atomic E-state index is -2.51. The van der Waals surface area contributed by atoms with Crippen molar-refractivity contribution >= 4 is 17.1 Å². The number of halogens is 2. The number of nitrogens with one attached hydrogen (secondary N) is 1. The average Bonchev–Trinajstić information content (AvgIpc) is 3.09. The van der Waals surface area contributed by atoms with E-state index in [4.69, 9.17) is 0 Å². The zero-order chi connectivity index (χ0) is 17.1. The maximum absolute atomic E-state index is 13.3. The molecule has 2 aromatic rings. The van der Waals surface area contributed by atoms with Crippen LogP contribution in [0.4, 0.5) is 20.3 Å². The van der Waals surface area contributed by atoms with Gasteiger partial charge < -0.3 is 5.32 Å². The molecule has 1 aliphatic carbocycles. The third kappa shape index (κ3) is 3.61. The van der Waals surface area contributed by atoms with E-state index in [0.29, 0.717) is 5.82 Å². The Morgan fingerprint density at radius 2 is 2.04 bits per heavy atom. The summed E-state index contributed by atoms with van der Waals surface area (Å²) in [6, 6.07) is 4.78. The second kappa shape index (κ2) is 7.07. The highest BCUT2D eigenvalue weighted by atomic mass is 19.3. The summed E-state index contributed by atoms with van der Waals surface area (Å²) < 4.78 is 26.6. The maximum Gasteiger partial charge on any atom is 0.264 e. The van der Waals surface area contributed by atoms with E-state index in [1.807, 2.05) is 6.92 Å². The van der Waals surface area contributed by atoms with Crippen LogP contribution in [0.15, 0.2) is 37.2 Å². The Balaban J connectivity index is 1.96. The first-order valence-electron chi connectivity index (χ1n) is 8.21. The Hall–Kier alpha value is -2.30. The van der Waals surface area contributed by atoms with Crippen molar-refractivity contribution < 1.29 is 8.78 Å². The van der Waals surface area contributed by atoms with E-state index in [1.165, 1.54) is 6.07 Å². The molecule has 0 amide bonds. The molecular weight excluding hydrogens is 308 g/mol. The van der Waals surface area contributed by atoms with Crippen LogP contribution in [0.2, 0.25) is 0 Å². The van der Waals surface area contributed by atoms with Crippen molar-refractivity contribution in [1.82, 2.24) is 9.97 Å². The van der Waals surface area contributed by atoms with E-state index in [-0.39, 0.29) is 11.5 Å². The van der Waals surface area contributed by atoms with Gasteiger partial charge in [-0.05, 0) is 43.5 Å². The summed E-state index contributed by atoms with van der Waals surface area (Å²) in [5, 5.41) is 3.17. The molecule has 1 N–H and O–H groups in total. The molecule has 0 atom stereocenters. The van der Waals surface area contributed by atoms with E-state index in [9.17, 15) is 8.78 Å². The van der Waals surface area contributed by atoms with Crippen LogP contribution in [0.1, 0.15) is 61.8 Å². The average molecular weight is 329 g/mol. The van der Waals surface area contributed by atoms with Gasteiger partial charge in [0.25, 0.3) is 6.43 Å². The molecule has 0 aliphatic heterocycles. The first kappa shape index (κ1) is 16.6. The summed E-state index contributed by atoms with van der Waals surface area (Å²) in [5.74, 6) is 0.728. The lowest BCUT2D eigenvalue weighted by molar-refractivity contribution is 0.151. The maximum atomic E-state index is 13.3. The van der Waals surface area contributed by atoms with Crippen LogP contribution >= 0.6 is 0 Å². The Labute approximate surface area is 140 Å². The summed E-state index contributed by atoms with van der Waals surface area (Å²) in [4.78, 5) is 8.69. The van der Waals surface area contributed by atoms with Crippen molar-refractivity contribution in [3.8, 4) is 0 Å². The van der Waals surface area contributed by atoms with Crippen LogP contribution in [0.5, 0.6) is 0 Å². The molecule has 1 aliphatic rings. The van der Waals surface area contributed by atoms with Crippen molar-refractivity contribution in [1.29, 1.82) is 0 Å². The second-order valence-electron chi connectivity index (χ2n) is 6.32. The van der Waals surface area contributed by atoms with Gasteiger partial charge in [-0.25, -0.2) is 13.8 Å².